The maximum absolute atomic E-state index is 12.7. The number of rotatable bonds is 10. The molecule has 1 saturated heterocycles. The summed E-state index contributed by atoms with van der Waals surface area (Å²) in [6, 6.07) is 23.7. The van der Waals surface area contributed by atoms with Crippen LogP contribution >= 0.6 is 0 Å². The van der Waals surface area contributed by atoms with Gasteiger partial charge in [0.1, 0.15) is 5.75 Å². The van der Waals surface area contributed by atoms with Gasteiger partial charge in [-0.3, -0.25) is 0 Å². The number of aromatic nitrogens is 2. The SMILES string of the molecule is CCOc1ccccc1NC(=O)Nc1ccc(C2Cc3cnc(NCCCN4CCN(C)CC4)nc3-c3ccccc32)cc1. The van der Waals surface area contributed by atoms with Gasteiger partial charge in [-0.05, 0) is 74.3 Å². The van der Waals surface area contributed by atoms with Crippen molar-refractivity contribution >= 4 is 23.4 Å². The van der Waals surface area contributed by atoms with Gasteiger partial charge in [-0.25, -0.2) is 14.8 Å². The first-order valence-electron chi connectivity index (χ1n) is 15.6. The maximum atomic E-state index is 12.7. The summed E-state index contributed by atoms with van der Waals surface area (Å²) in [6.07, 6.45) is 3.86. The Kier molecular flexibility index (Phi) is 9.34. The molecule has 1 aliphatic carbocycles. The highest BCUT2D eigenvalue weighted by Gasteiger charge is 2.27. The lowest BCUT2D eigenvalue weighted by Gasteiger charge is -2.32. The van der Waals surface area contributed by atoms with Gasteiger partial charge in [-0.1, -0.05) is 48.5 Å². The normalized spacial score (nSPS) is 16.5. The third-order valence-corrected chi connectivity index (χ3v) is 8.42. The first kappa shape index (κ1) is 29.6. The van der Waals surface area contributed by atoms with Crippen LogP contribution in [0.3, 0.4) is 0 Å². The number of fused-ring (bicyclic) bond motifs is 3. The molecule has 1 unspecified atom stereocenters. The van der Waals surface area contributed by atoms with E-state index in [1.165, 1.54) is 11.1 Å². The van der Waals surface area contributed by atoms with E-state index in [1.807, 2.05) is 49.5 Å². The van der Waals surface area contributed by atoms with Crippen LogP contribution in [0.15, 0.2) is 79.0 Å². The molecule has 228 valence electrons. The predicted octanol–water partition coefficient (Wildman–Crippen LogP) is 5.92. The zero-order valence-electron chi connectivity index (χ0n) is 25.6. The molecule has 0 radical (unpaired) electrons. The minimum Gasteiger partial charge on any atom is -0.492 e. The molecule has 3 aromatic carbocycles. The summed E-state index contributed by atoms with van der Waals surface area (Å²) in [4.78, 5) is 27.3. The van der Waals surface area contributed by atoms with Crippen LogP contribution in [-0.2, 0) is 6.42 Å². The summed E-state index contributed by atoms with van der Waals surface area (Å²) in [6.45, 7) is 8.96. The van der Waals surface area contributed by atoms with E-state index in [0.717, 1.165) is 74.6 Å². The molecule has 1 aromatic heterocycles. The largest absolute Gasteiger partial charge is 0.492 e. The van der Waals surface area contributed by atoms with Gasteiger partial charge in [-0.2, -0.15) is 0 Å². The van der Waals surface area contributed by atoms with E-state index in [2.05, 4.69) is 74.2 Å². The molecule has 1 aliphatic heterocycles. The quantitative estimate of drug-likeness (QED) is 0.197. The van der Waals surface area contributed by atoms with Crippen molar-refractivity contribution in [3.63, 3.8) is 0 Å². The molecule has 4 aromatic rings. The van der Waals surface area contributed by atoms with Crippen LogP contribution in [0.25, 0.3) is 11.3 Å². The molecule has 44 heavy (non-hydrogen) atoms. The number of para-hydroxylation sites is 2. The van der Waals surface area contributed by atoms with Crippen molar-refractivity contribution in [2.24, 2.45) is 0 Å². The molecular weight excluding hydrogens is 550 g/mol. The number of urea groups is 1. The molecule has 2 heterocycles. The standard InChI is InChI=1S/C35H41N7O2/c1-3-44-32-12-7-6-11-31(32)39-35(43)38-27-15-13-25(14-16-27)30-23-26-24-37-34(40-33(26)29-10-5-4-9-28(29)30)36-17-8-18-42-21-19-41(2)20-22-42/h4-7,9-16,24,30H,3,8,17-23H2,1-2H3,(H,36,37,40)(H2,38,39,43). The summed E-state index contributed by atoms with van der Waals surface area (Å²) < 4.78 is 5.62. The fourth-order valence-electron chi connectivity index (χ4n) is 6.03. The second-order valence-electron chi connectivity index (χ2n) is 11.5. The Labute approximate surface area is 259 Å². The topological polar surface area (TPSA) is 94.6 Å². The second-order valence-corrected chi connectivity index (χ2v) is 11.5. The summed E-state index contributed by atoms with van der Waals surface area (Å²) in [7, 11) is 2.19. The lowest BCUT2D eigenvalue weighted by molar-refractivity contribution is 0.154. The van der Waals surface area contributed by atoms with Crippen molar-refractivity contribution in [1.29, 1.82) is 0 Å². The monoisotopic (exact) mass is 591 g/mol. The highest BCUT2D eigenvalue weighted by molar-refractivity contribution is 6.00. The Bertz CT molecular complexity index is 1570. The van der Waals surface area contributed by atoms with Crippen LogP contribution in [-0.4, -0.2) is 78.7 Å². The molecule has 3 N–H and O–H groups in total. The number of nitrogens with one attached hydrogen (secondary N) is 3. The predicted molar refractivity (Wildman–Crippen MR) is 177 cm³/mol. The van der Waals surface area contributed by atoms with Crippen molar-refractivity contribution in [3.8, 4) is 17.0 Å². The first-order valence-corrected chi connectivity index (χ1v) is 15.6. The Hall–Kier alpha value is -4.47. The fourth-order valence-corrected chi connectivity index (χ4v) is 6.03. The van der Waals surface area contributed by atoms with Crippen LogP contribution in [0.2, 0.25) is 0 Å². The Morgan fingerprint density at radius 1 is 0.955 bits per heavy atom. The molecule has 1 fully saturated rings. The molecular formula is C35H41N7O2. The van der Waals surface area contributed by atoms with Crippen LogP contribution in [0.4, 0.5) is 22.1 Å². The zero-order chi connectivity index (χ0) is 30.3. The number of piperazine rings is 1. The van der Waals surface area contributed by atoms with E-state index in [-0.39, 0.29) is 11.9 Å². The van der Waals surface area contributed by atoms with Gasteiger partial charge in [0, 0.05) is 56.1 Å². The molecule has 2 amide bonds. The van der Waals surface area contributed by atoms with Gasteiger partial charge < -0.3 is 30.5 Å². The van der Waals surface area contributed by atoms with Gasteiger partial charge >= 0.3 is 6.03 Å². The van der Waals surface area contributed by atoms with Gasteiger partial charge in [0.25, 0.3) is 0 Å². The average Bonchev–Trinajstić information content (AvgIpc) is 3.05. The third kappa shape index (κ3) is 7.01. The smallest absolute Gasteiger partial charge is 0.323 e. The van der Waals surface area contributed by atoms with Crippen LogP contribution in [0.1, 0.15) is 36.0 Å². The Morgan fingerprint density at radius 2 is 1.73 bits per heavy atom. The van der Waals surface area contributed by atoms with Gasteiger partial charge in [-0.15, -0.1) is 0 Å². The number of hydrogen-bond donors (Lipinski definition) is 3. The summed E-state index contributed by atoms with van der Waals surface area (Å²) in [5.74, 6) is 1.50. The lowest BCUT2D eigenvalue weighted by Crippen LogP contribution is -2.44. The maximum Gasteiger partial charge on any atom is 0.323 e. The van der Waals surface area contributed by atoms with Gasteiger partial charge in [0.15, 0.2) is 0 Å². The molecule has 0 saturated carbocycles. The summed E-state index contributed by atoms with van der Waals surface area (Å²) >= 11 is 0. The van der Waals surface area contributed by atoms with E-state index in [0.29, 0.717) is 24.0 Å². The third-order valence-electron chi connectivity index (χ3n) is 8.42. The van der Waals surface area contributed by atoms with Crippen molar-refractivity contribution in [2.75, 3.05) is 68.9 Å². The van der Waals surface area contributed by atoms with Crippen LogP contribution in [0, 0.1) is 0 Å². The average molecular weight is 592 g/mol. The highest BCUT2D eigenvalue weighted by atomic mass is 16.5. The number of carbonyl (C=O) groups is 1. The number of likely N-dealkylation sites (N-methyl/N-ethyl adjacent to an activating group) is 1. The zero-order valence-corrected chi connectivity index (χ0v) is 25.6. The van der Waals surface area contributed by atoms with Crippen molar-refractivity contribution in [3.05, 3.63) is 95.7 Å². The molecule has 0 spiro atoms. The van der Waals surface area contributed by atoms with E-state index in [4.69, 9.17) is 9.72 Å². The van der Waals surface area contributed by atoms with Crippen molar-refractivity contribution in [1.82, 2.24) is 19.8 Å². The number of anilines is 3. The van der Waals surface area contributed by atoms with Gasteiger partial charge in [0.2, 0.25) is 5.95 Å². The minimum atomic E-state index is -0.317. The molecule has 6 rings (SSSR count). The highest BCUT2D eigenvalue weighted by Crippen LogP contribution is 2.42. The Morgan fingerprint density at radius 3 is 2.55 bits per heavy atom. The number of hydrogen-bond acceptors (Lipinski definition) is 7. The van der Waals surface area contributed by atoms with E-state index in [1.54, 1.807) is 0 Å². The molecule has 1 atom stereocenters. The van der Waals surface area contributed by atoms with E-state index < -0.39 is 0 Å². The lowest BCUT2D eigenvalue weighted by atomic mass is 9.78. The number of nitrogens with zero attached hydrogens (tertiary/aromatic N) is 4. The minimum absolute atomic E-state index is 0.172. The second kappa shape index (κ2) is 13.9. The molecule has 9 nitrogen and oxygen atoms in total. The summed E-state index contributed by atoms with van der Waals surface area (Å²) in [5, 5.41) is 9.28. The summed E-state index contributed by atoms with van der Waals surface area (Å²) in [5.41, 5.74) is 7.09. The van der Waals surface area contributed by atoms with Crippen LogP contribution in [0.5, 0.6) is 5.75 Å². The molecule has 2 aliphatic rings. The van der Waals surface area contributed by atoms with Crippen LogP contribution < -0.4 is 20.7 Å². The number of amides is 2. The van der Waals surface area contributed by atoms with Gasteiger partial charge in [0.05, 0.1) is 18.0 Å². The molecule has 9 heteroatoms. The Balaban J connectivity index is 1.09. The van der Waals surface area contributed by atoms with Crippen molar-refractivity contribution < 1.29 is 9.53 Å². The fraction of sp³-hybridized carbons (Fsp3) is 0.343. The van der Waals surface area contributed by atoms with E-state index in [9.17, 15) is 4.79 Å². The van der Waals surface area contributed by atoms with E-state index >= 15 is 0 Å². The number of carbonyl (C=O) groups excluding carboxylic acids is 1. The number of benzene rings is 3. The first-order chi connectivity index (χ1) is 21.6. The number of ether oxygens (including phenoxy) is 1. The van der Waals surface area contributed by atoms with Crippen molar-refractivity contribution in [2.45, 2.75) is 25.7 Å². The molecule has 0 bridgehead atoms.